The van der Waals surface area contributed by atoms with Crippen molar-refractivity contribution in [1.82, 2.24) is 14.7 Å². The van der Waals surface area contributed by atoms with Gasteiger partial charge < -0.3 is 9.64 Å². The van der Waals surface area contributed by atoms with Gasteiger partial charge in [-0.3, -0.25) is 4.79 Å². The molecule has 0 unspecified atom stereocenters. The van der Waals surface area contributed by atoms with E-state index in [-0.39, 0.29) is 17.0 Å². The van der Waals surface area contributed by atoms with E-state index in [0.29, 0.717) is 0 Å². The predicted molar refractivity (Wildman–Crippen MR) is 111 cm³/mol. The number of fused-ring (bicyclic) bond motifs is 1. The van der Waals surface area contributed by atoms with Gasteiger partial charge in [-0.25, -0.2) is 4.68 Å². The number of likely N-dealkylation sites (tertiary alicyclic amines) is 1. The smallest absolute Gasteiger partial charge is 0.267 e. The van der Waals surface area contributed by atoms with E-state index in [1.165, 1.54) is 11.1 Å². The second-order valence-corrected chi connectivity index (χ2v) is 9.11. The fourth-order valence-corrected chi connectivity index (χ4v) is 4.16. The maximum absolute atomic E-state index is 12.4. The van der Waals surface area contributed by atoms with Crippen molar-refractivity contribution in [2.24, 2.45) is 0 Å². The lowest BCUT2D eigenvalue weighted by molar-refractivity contribution is 0.177. The molecule has 1 fully saturated rings. The van der Waals surface area contributed by atoms with E-state index in [2.05, 4.69) is 43.9 Å². The molecule has 0 bridgehead atoms. The first kappa shape index (κ1) is 19.2. The molecule has 1 saturated heterocycles. The Labute approximate surface area is 167 Å². The summed E-state index contributed by atoms with van der Waals surface area (Å²) in [7, 11) is 0. The lowest BCUT2D eigenvalue weighted by Gasteiger charge is -2.32. The van der Waals surface area contributed by atoms with Gasteiger partial charge in [-0.2, -0.15) is 5.10 Å². The zero-order valence-corrected chi connectivity index (χ0v) is 17.3. The van der Waals surface area contributed by atoms with Gasteiger partial charge in [0.1, 0.15) is 5.75 Å². The van der Waals surface area contributed by atoms with E-state index >= 15 is 0 Å². The van der Waals surface area contributed by atoms with Crippen molar-refractivity contribution in [1.29, 1.82) is 0 Å². The van der Waals surface area contributed by atoms with Crippen molar-refractivity contribution in [3.8, 4) is 5.75 Å². The molecule has 0 radical (unpaired) electrons. The molecule has 0 saturated carbocycles. The van der Waals surface area contributed by atoms with E-state index in [1.54, 1.807) is 10.7 Å². The van der Waals surface area contributed by atoms with Crippen LogP contribution in [0, 0.1) is 0 Å². The van der Waals surface area contributed by atoms with E-state index in [4.69, 9.17) is 9.84 Å². The normalized spacial score (nSPS) is 18.1. The maximum atomic E-state index is 12.4. The Morgan fingerprint density at radius 1 is 1.14 bits per heavy atom. The number of nitrogens with zero attached hydrogens (tertiary/aromatic N) is 3. The molecule has 2 aliphatic heterocycles. The molecule has 5 heteroatoms. The molecular weight excluding hydrogens is 350 g/mol. The van der Waals surface area contributed by atoms with E-state index in [9.17, 15) is 4.79 Å². The molecule has 0 amide bonds. The van der Waals surface area contributed by atoms with Crippen molar-refractivity contribution in [3.63, 3.8) is 0 Å². The van der Waals surface area contributed by atoms with Gasteiger partial charge in [-0.15, -0.1) is 0 Å². The van der Waals surface area contributed by atoms with Crippen LogP contribution in [0.25, 0.3) is 0 Å². The van der Waals surface area contributed by atoms with E-state index in [1.807, 2.05) is 6.07 Å². The number of aromatic nitrogens is 2. The second kappa shape index (κ2) is 7.70. The average Bonchev–Trinajstić information content (AvgIpc) is 3.14. The predicted octanol–water partition coefficient (Wildman–Crippen LogP) is 3.36. The molecule has 2 aliphatic rings. The van der Waals surface area contributed by atoms with Gasteiger partial charge in [-0.05, 0) is 42.5 Å². The Morgan fingerprint density at radius 2 is 1.93 bits per heavy atom. The first-order valence-electron chi connectivity index (χ1n) is 10.5. The topological polar surface area (TPSA) is 47.4 Å². The molecule has 0 N–H and O–H groups in total. The third-order valence-electron chi connectivity index (χ3n) is 5.97. The fourth-order valence-electron chi connectivity index (χ4n) is 4.16. The second-order valence-electron chi connectivity index (χ2n) is 9.11. The SMILES string of the molecule is CC(C)(C)c1ccc(=O)n(C2CCN(CCc3ccc4c(c3)CCO4)CC2)n1. The summed E-state index contributed by atoms with van der Waals surface area (Å²) in [5, 5.41) is 4.69. The monoisotopic (exact) mass is 381 g/mol. The molecule has 5 nitrogen and oxygen atoms in total. The van der Waals surface area contributed by atoms with Crippen LogP contribution in [-0.2, 0) is 18.3 Å². The van der Waals surface area contributed by atoms with Crippen LogP contribution in [0.15, 0.2) is 35.1 Å². The highest BCUT2D eigenvalue weighted by atomic mass is 16.5. The summed E-state index contributed by atoms with van der Waals surface area (Å²) in [5.41, 5.74) is 3.70. The van der Waals surface area contributed by atoms with Crippen LogP contribution < -0.4 is 10.3 Å². The first-order valence-corrected chi connectivity index (χ1v) is 10.5. The highest BCUT2D eigenvalue weighted by Crippen LogP contribution is 2.27. The summed E-state index contributed by atoms with van der Waals surface area (Å²) in [6.07, 6.45) is 4.07. The van der Waals surface area contributed by atoms with Crippen molar-refractivity contribution in [2.45, 2.75) is 57.9 Å². The Morgan fingerprint density at radius 3 is 2.68 bits per heavy atom. The van der Waals surface area contributed by atoms with Gasteiger partial charge in [0, 0.05) is 37.5 Å². The quantitative estimate of drug-likeness (QED) is 0.815. The Hall–Kier alpha value is -2.14. The van der Waals surface area contributed by atoms with E-state index in [0.717, 1.165) is 63.4 Å². The van der Waals surface area contributed by atoms with Gasteiger partial charge >= 0.3 is 0 Å². The fraction of sp³-hybridized carbons (Fsp3) is 0.565. The minimum atomic E-state index is -0.0446. The zero-order valence-electron chi connectivity index (χ0n) is 17.3. The van der Waals surface area contributed by atoms with Crippen molar-refractivity contribution in [2.75, 3.05) is 26.2 Å². The number of rotatable bonds is 4. The van der Waals surface area contributed by atoms with Crippen LogP contribution in [-0.4, -0.2) is 40.9 Å². The molecular formula is C23H31N3O2. The summed E-state index contributed by atoms with van der Waals surface area (Å²) in [6, 6.07) is 10.4. The van der Waals surface area contributed by atoms with Crippen LogP contribution in [0.3, 0.4) is 0 Å². The largest absolute Gasteiger partial charge is 0.493 e. The Bertz CT molecular complexity index is 889. The minimum absolute atomic E-state index is 0.0202. The molecule has 150 valence electrons. The Balaban J connectivity index is 1.34. The van der Waals surface area contributed by atoms with Gasteiger partial charge in [-0.1, -0.05) is 32.9 Å². The number of hydrogen-bond acceptors (Lipinski definition) is 4. The van der Waals surface area contributed by atoms with Crippen LogP contribution >= 0.6 is 0 Å². The summed E-state index contributed by atoms with van der Waals surface area (Å²) >= 11 is 0. The van der Waals surface area contributed by atoms with Gasteiger partial charge in [0.2, 0.25) is 0 Å². The highest BCUT2D eigenvalue weighted by molar-refractivity contribution is 5.39. The average molecular weight is 382 g/mol. The third-order valence-corrected chi connectivity index (χ3v) is 5.97. The van der Waals surface area contributed by atoms with Crippen molar-refractivity contribution in [3.05, 3.63) is 57.5 Å². The molecule has 0 spiro atoms. The molecule has 1 aromatic heterocycles. The number of piperidine rings is 1. The molecule has 1 aromatic carbocycles. The van der Waals surface area contributed by atoms with Crippen LogP contribution in [0.1, 0.15) is 56.5 Å². The molecule has 28 heavy (non-hydrogen) atoms. The summed E-state index contributed by atoms with van der Waals surface area (Å²) in [5.74, 6) is 1.06. The van der Waals surface area contributed by atoms with Crippen molar-refractivity contribution < 1.29 is 4.74 Å². The first-order chi connectivity index (χ1) is 13.4. The third kappa shape index (κ3) is 4.14. The number of hydrogen-bond donors (Lipinski definition) is 0. The molecule has 3 heterocycles. The lowest BCUT2D eigenvalue weighted by atomic mass is 9.92. The molecule has 0 aliphatic carbocycles. The van der Waals surface area contributed by atoms with Gasteiger partial charge in [0.25, 0.3) is 5.56 Å². The van der Waals surface area contributed by atoms with Gasteiger partial charge in [0.05, 0.1) is 18.3 Å². The van der Waals surface area contributed by atoms with Crippen LogP contribution in [0.4, 0.5) is 0 Å². The van der Waals surface area contributed by atoms with Crippen molar-refractivity contribution >= 4 is 0 Å². The minimum Gasteiger partial charge on any atom is -0.493 e. The number of ether oxygens (including phenoxy) is 1. The van der Waals surface area contributed by atoms with Crippen LogP contribution in [0.5, 0.6) is 5.75 Å². The number of benzene rings is 1. The highest BCUT2D eigenvalue weighted by Gasteiger charge is 2.24. The summed E-state index contributed by atoms with van der Waals surface area (Å²) in [4.78, 5) is 14.9. The zero-order chi connectivity index (χ0) is 19.7. The molecule has 4 rings (SSSR count). The Kier molecular flexibility index (Phi) is 5.28. The molecule has 0 atom stereocenters. The lowest BCUT2D eigenvalue weighted by Crippen LogP contribution is -2.39. The summed E-state index contributed by atoms with van der Waals surface area (Å²) < 4.78 is 7.33. The standard InChI is InChI=1S/C23H31N3O2/c1-23(2,3)21-6-7-22(27)26(24-21)19-9-13-25(14-10-19)12-8-17-4-5-20-18(16-17)11-15-28-20/h4-7,16,19H,8-15H2,1-3H3. The molecule has 2 aromatic rings. The van der Waals surface area contributed by atoms with Gasteiger partial charge in [0.15, 0.2) is 0 Å². The summed E-state index contributed by atoms with van der Waals surface area (Å²) in [6.45, 7) is 10.3. The maximum Gasteiger partial charge on any atom is 0.267 e. The van der Waals surface area contributed by atoms with E-state index < -0.39 is 0 Å². The van der Waals surface area contributed by atoms with Crippen LogP contribution in [0.2, 0.25) is 0 Å².